The molecular formula is C44H40Cl4N2O2. The number of aryl methyl sites for hydroxylation is 4. The van der Waals surface area contributed by atoms with Crippen molar-refractivity contribution in [2.24, 2.45) is 0 Å². The quantitative estimate of drug-likeness (QED) is 0.0894. The summed E-state index contributed by atoms with van der Waals surface area (Å²) in [5, 5.41) is 0.120. The fourth-order valence-corrected chi connectivity index (χ4v) is 7.96. The van der Waals surface area contributed by atoms with Crippen LogP contribution in [-0.4, -0.2) is 34.2 Å². The highest BCUT2D eigenvalue weighted by atomic mass is 35.5. The molecule has 0 N–H and O–H groups in total. The van der Waals surface area contributed by atoms with Gasteiger partial charge in [0, 0.05) is 45.1 Å². The summed E-state index contributed by atoms with van der Waals surface area (Å²) in [5.74, 6) is -0.656. The summed E-state index contributed by atoms with van der Waals surface area (Å²) in [6, 6.07) is 29.2. The lowest BCUT2D eigenvalue weighted by Gasteiger charge is -2.28. The molecule has 0 amide bonds. The Morgan fingerprint density at radius 2 is 1.04 bits per heavy atom. The van der Waals surface area contributed by atoms with E-state index in [1.54, 1.807) is 0 Å². The number of benzene rings is 5. The minimum atomic E-state index is -1.59. The lowest BCUT2D eigenvalue weighted by Crippen LogP contribution is -2.23. The Kier molecular flexibility index (Phi) is 10.6. The maximum absolute atomic E-state index is 14.2. The number of carbonyl (C=O) groups is 1. The molecule has 0 atom stereocenters. The molecule has 5 aromatic carbocycles. The number of hydrogen-bond donors (Lipinski definition) is 0. The predicted octanol–water partition coefficient (Wildman–Crippen LogP) is 12.3. The van der Waals surface area contributed by atoms with Gasteiger partial charge in [-0.25, -0.2) is 4.79 Å². The van der Waals surface area contributed by atoms with Crippen LogP contribution >= 0.6 is 46.4 Å². The van der Waals surface area contributed by atoms with Crippen LogP contribution < -0.4 is 9.80 Å². The maximum Gasteiger partial charge on any atom is 0.341 e. The SMILES string of the molecule is Cc1ccc(C(=CC2(C=C(c3cccc(N(C)C)c3)c3ccc(C)cc3C)OC(=O)c3c(Cl)c(Cl)c(Cl)c(Cl)c32)c2cccc(N(C)C)c2)c(C)c1. The summed E-state index contributed by atoms with van der Waals surface area (Å²) in [7, 11) is 8.02. The number of rotatable bonds is 8. The zero-order chi connectivity index (χ0) is 37.6. The number of esters is 1. The molecule has 52 heavy (non-hydrogen) atoms. The minimum Gasteiger partial charge on any atom is -0.442 e. The molecule has 266 valence electrons. The summed E-state index contributed by atoms with van der Waals surface area (Å²) in [6.07, 6.45) is 3.96. The van der Waals surface area contributed by atoms with Crippen molar-refractivity contribution in [3.63, 3.8) is 0 Å². The standard InChI is InChI=1S/C44H40Cl4N2O2/c1-25-15-17-33(27(3)19-25)35(29-11-9-13-31(21-29)49(5)6)23-44(38-37(43(51)52-44)39(45)41(47)42(48)40(38)46)24-36(34-18-16-26(2)20-28(34)4)30-12-10-14-32(22-30)50(7)8/h9-24H,1-8H3. The lowest BCUT2D eigenvalue weighted by atomic mass is 9.81. The molecule has 0 bridgehead atoms. The van der Waals surface area contributed by atoms with Gasteiger partial charge in [-0.3, -0.25) is 0 Å². The van der Waals surface area contributed by atoms with Gasteiger partial charge >= 0.3 is 5.97 Å². The predicted molar refractivity (Wildman–Crippen MR) is 221 cm³/mol. The van der Waals surface area contributed by atoms with Crippen LogP contribution in [0.25, 0.3) is 11.1 Å². The van der Waals surface area contributed by atoms with Crippen LogP contribution in [0.4, 0.5) is 11.4 Å². The van der Waals surface area contributed by atoms with E-state index in [-0.39, 0.29) is 25.7 Å². The number of fused-ring (bicyclic) bond motifs is 1. The lowest BCUT2D eigenvalue weighted by molar-refractivity contribution is 0.0300. The zero-order valence-electron chi connectivity index (χ0n) is 30.5. The summed E-state index contributed by atoms with van der Waals surface area (Å²) in [4.78, 5) is 18.3. The van der Waals surface area contributed by atoms with Gasteiger partial charge in [0.25, 0.3) is 0 Å². The molecule has 0 aliphatic carbocycles. The fourth-order valence-electron chi connectivity index (χ4n) is 6.89. The molecule has 4 nitrogen and oxygen atoms in total. The van der Waals surface area contributed by atoms with Gasteiger partial charge in [0.05, 0.1) is 25.7 Å². The van der Waals surface area contributed by atoms with E-state index in [9.17, 15) is 4.79 Å². The van der Waals surface area contributed by atoms with Crippen molar-refractivity contribution in [2.75, 3.05) is 38.0 Å². The number of carbonyl (C=O) groups excluding carboxylic acids is 1. The van der Waals surface area contributed by atoms with Gasteiger partial charge in [0.1, 0.15) is 0 Å². The summed E-state index contributed by atoms with van der Waals surface area (Å²) in [6.45, 7) is 8.30. The largest absolute Gasteiger partial charge is 0.442 e. The van der Waals surface area contributed by atoms with Crippen molar-refractivity contribution in [2.45, 2.75) is 33.3 Å². The smallest absolute Gasteiger partial charge is 0.341 e. The molecule has 0 unspecified atom stereocenters. The Hall–Kier alpha value is -4.19. The van der Waals surface area contributed by atoms with Crippen LogP contribution in [0.3, 0.4) is 0 Å². The molecule has 0 saturated heterocycles. The molecule has 1 heterocycles. The third-order valence-electron chi connectivity index (χ3n) is 9.53. The molecule has 0 aromatic heterocycles. The molecule has 1 aliphatic rings. The van der Waals surface area contributed by atoms with Crippen molar-refractivity contribution in [3.05, 3.63) is 173 Å². The molecule has 0 spiro atoms. The second-order valence-corrected chi connectivity index (χ2v) is 15.3. The number of hydrogen-bond acceptors (Lipinski definition) is 4. The van der Waals surface area contributed by atoms with Crippen molar-refractivity contribution in [1.82, 2.24) is 0 Å². The number of cyclic esters (lactones) is 1. The Balaban J connectivity index is 1.82. The molecular weight excluding hydrogens is 730 g/mol. The highest BCUT2D eigenvalue weighted by molar-refractivity contribution is 6.53. The van der Waals surface area contributed by atoms with Crippen molar-refractivity contribution >= 4 is 74.9 Å². The van der Waals surface area contributed by atoms with Crippen LogP contribution in [0, 0.1) is 27.7 Å². The number of halogens is 4. The molecule has 1 aliphatic heterocycles. The van der Waals surface area contributed by atoms with Gasteiger partial charge in [-0.05, 0) is 109 Å². The number of nitrogens with zero attached hydrogens (tertiary/aromatic N) is 2. The summed E-state index contributed by atoms with van der Waals surface area (Å²) >= 11 is 27.4. The van der Waals surface area contributed by atoms with Crippen molar-refractivity contribution in [3.8, 4) is 0 Å². The second-order valence-electron chi connectivity index (χ2n) is 13.8. The molecule has 0 saturated carbocycles. The van der Waals surface area contributed by atoms with E-state index in [1.165, 1.54) is 0 Å². The van der Waals surface area contributed by atoms with Gasteiger partial charge in [0.15, 0.2) is 5.60 Å². The molecule has 0 radical (unpaired) electrons. The summed E-state index contributed by atoms with van der Waals surface area (Å²) < 4.78 is 6.62. The first-order chi connectivity index (χ1) is 24.6. The van der Waals surface area contributed by atoms with Crippen molar-refractivity contribution < 1.29 is 9.53 Å². The number of ether oxygens (including phenoxy) is 1. The van der Waals surface area contributed by atoms with Gasteiger partial charge < -0.3 is 14.5 Å². The molecule has 8 heteroatoms. The Morgan fingerprint density at radius 1 is 0.596 bits per heavy atom. The van der Waals surface area contributed by atoms with Gasteiger partial charge in [0.2, 0.25) is 0 Å². The van der Waals surface area contributed by atoms with Crippen LogP contribution in [0.1, 0.15) is 60.4 Å². The first-order valence-corrected chi connectivity index (χ1v) is 18.4. The van der Waals surface area contributed by atoms with Crippen LogP contribution in [0.5, 0.6) is 0 Å². The van der Waals surface area contributed by atoms with Crippen LogP contribution in [0.15, 0.2) is 97.1 Å². The Morgan fingerprint density at radius 3 is 1.46 bits per heavy atom. The topological polar surface area (TPSA) is 32.8 Å². The average Bonchev–Trinajstić information content (AvgIpc) is 3.39. The number of anilines is 2. The third kappa shape index (κ3) is 6.98. The van der Waals surface area contributed by atoms with Crippen molar-refractivity contribution in [1.29, 1.82) is 0 Å². The molecule has 5 aromatic rings. The highest BCUT2D eigenvalue weighted by Crippen LogP contribution is 2.54. The van der Waals surface area contributed by atoms with E-state index in [0.717, 1.165) is 67.0 Å². The van der Waals surface area contributed by atoms with Crippen LogP contribution in [0.2, 0.25) is 20.1 Å². The van der Waals surface area contributed by atoms with E-state index in [2.05, 4.69) is 110 Å². The normalized spacial score (nSPS) is 15.8. The first-order valence-electron chi connectivity index (χ1n) is 16.9. The van der Waals surface area contributed by atoms with E-state index in [4.69, 9.17) is 51.1 Å². The Labute approximate surface area is 326 Å². The third-order valence-corrected chi connectivity index (χ3v) is 11.3. The molecule has 0 fully saturated rings. The van der Waals surface area contributed by atoms with E-state index in [0.29, 0.717) is 5.56 Å². The second kappa shape index (κ2) is 14.7. The summed E-state index contributed by atoms with van der Waals surface area (Å²) in [5.41, 5.74) is 10.6. The van der Waals surface area contributed by atoms with Crippen LogP contribution in [-0.2, 0) is 10.3 Å². The first kappa shape index (κ1) is 37.6. The van der Waals surface area contributed by atoms with E-state index < -0.39 is 11.6 Å². The monoisotopic (exact) mass is 768 g/mol. The minimum absolute atomic E-state index is 0.00522. The van der Waals surface area contributed by atoms with E-state index in [1.807, 2.05) is 52.5 Å². The molecule has 6 rings (SSSR count). The van der Waals surface area contributed by atoms with Gasteiger partial charge in [-0.15, -0.1) is 0 Å². The maximum atomic E-state index is 14.2. The van der Waals surface area contributed by atoms with Gasteiger partial charge in [-0.1, -0.05) is 118 Å². The van der Waals surface area contributed by atoms with E-state index >= 15 is 0 Å². The zero-order valence-corrected chi connectivity index (χ0v) is 33.5. The Bertz CT molecular complexity index is 2190. The average molecular weight is 771 g/mol. The fraction of sp³-hybridized carbons (Fsp3) is 0.205. The highest BCUT2D eigenvalue weighted by Gasteiger charge is 2.48. The van der Waals surface area contributed by atoms with Gasteiger partial charge in [-0.2, -0.15) is 0 Å².